The molecule has 30 heavy (non-hydrogen) atoms. The molecule has 2 amide bonds. The van der Waals surface area contributed by atoms with Crippen LogP contribution in [0.5, 0.6) is 0 Å². The van der Waals surface area contributed by atoms with Crippen LogP contribution in [0.25, 0.3) is 0 Å². The first-order valence-electron chi connectivity index (χ1n) is 9.00. The summed E-state index contributed by atoms with van der Waals surface area (Å²) in [6.07, 6.45) is 0. The molecule has 1 aliphatic rings. The van der Waals surface area contributed by atoms with Crippen LogP contribution < -0.4 is 15.5 Å². The molecule has 2 N–H and O–H groups in total. The Morgan fingerprint density at radius 3 is 2.53 bits per heavy atom. The lowest BCUT2D eigenvalue weighted by Crippen LogP contribution is -2.47. The van der Waals surface area contributed by atoms with Crippen molar-refractivity contribution in [2.24, 2.45) is 0 Å². The smallest absolute Gasteiger partial charge is 0.243 e. The maximum Gasteiger partial charge on any atom is 0.243 e. The summed E-state index contributed by atoms with van der Waals surface area (Å²) in [6.45, 7) is 0.988. The Balaban J connectivity index is 1.65. The summed E-state index contributed by atoms with van der Waals surface area (Å²) in [6, 6.07) is 10.6. The number of carbonyl (C=O) groups is 2. The van der Waals surface area contributed by atoms with E-state index in [1.54, 1.807) is 18.2 Å². The fourth-order valence-corrected chi connectivity index (χ4v) is 4.51. The first-order chi connectivity index (χ1) is 14.2. The van der Waals surface area contributed by atoms with Gasteiger partial charge < -0.3 is 15.5 Å². The number of halogens is 2. The van der Waals surface area contributed by atoms with Crippen molar-refractivity contribution < 1.29 is 18.0 Å². The number of anilines is 2. The highest BCUT2D eigenvalue weighted by Gasteiger charge is 2.23. The molecule has 160 valence electrons. The normalized spacial score (nSPS) is 14.5. The van der Waals surface area contributed by atoms with Gasteiger partial charge in [-0.25, -0.2) is 8.42 Å². The first kappa shape index (κ1) is 22.4. The van der Waals surface area contributed by atoms with Crippen LogP contribution in [-0.4, -0.2) is 57.8 Å². The van der Waals surface area contributed by atoms with Crippen molar-refractivity contribution in [2.45, 2.75) is 4.90 Å². The fraction of sp³-hybridized carbons (Fsp3) is 0.263. The second-order valence-corrected chi connectivity index (χ2v) is 9.59. The number of likely N-dealkylation sites (N-methyl/N-ethyl adjacent to an activating group) is 1. The summed E-state index contributed by atoms with van der Waals surface area (Å²) in [5.74, 6) is -0.601. The highest BCUT2D eigenvalue weighted by molar-refractivity contribution is 7.89. The van der Waals surface area contributed by atoms with Crippen LogP contribution in [0, 0.1) is 0 Å². The molecule has 2 aromatic rings. The molecule has 2 aromatic carbocycles. The molecule has 0 bridgehead atoms. The van der Waals surface area contributed by atoms with Crippen molar-refractivity contribution in [1.29, 1.82) is 0 Å². The molecule has 0 aliphatic carbocycles. The monoisotopic (exact) mass is 470 g/mol. The van der Waals surface area contributed by atoms with Crippen molar-refractivity contribution in [3.63, 3.8) is 0 Å². The number of piperazine rings is 1. The van der Waals surface area contributed by atoms with Crippen LogP contribution in [0.4, 0.5) is 11.4 Å². The fourth-order valence-electron chi connectivity index (χ4n) is 2.96. The molecule has 0 saturated carbocycles. The van der Waals surface area contributed by atoms with Crippen LogP contribution in [0.1, 0.15) is 0 Å². The highest BCUT2D eigenvalue weighted by Crippen LogP contribution is 2.29. The first-order valence-corrected chi connectivity index (χ1v) is 11.2. The van der Waals surface area contributed by atoms with E-state index in [1.807, 2.05) is 4.90 Å². The molecule has 1 fully saturated rings. The van der Waals surface area contributed by atoms with Gasteiger partial charge in [0.2, 0.25) is 21.8 Å². The van der Waals surface area contributed by atoms with Gasteiger partial charge in [-0.3, -0.25) is 9.59 Å². The molecular weight excluding hydrogens is 451 g/mol. The van der Waals surface area contributed by atoms with E-state index < -0.39 is 15.9 Å². The lowest BCUT2D eigenvalue weighted by molar-refractivity contribution is -0.120. The second kappa shape index (κ2) is 9.22. The van der Waals surface area contributed by atoms with E-state index in [0.717, 1.165) is 4.31 Å². The van der Waals surface area contributed by atoms with Gasteiger partial charge in [-0.1, -0.05) is 23.2 Å². The molecule has 1 aliphatic heterocycles. The zero-order valence-corrected chi connectivity index (χ0v) is 18.4. The Labute approximate surface area is 184 Å². The number of nitrogens with one attached hydrogen (secondary N) is 2. The number of hydrogen-bond acceptors (Lipinski definition) is 5. The van der Waals surface area contributed by atoms with Crippen molar-refractivity contribution in [3.05, 3.63) is 52.5 Å². The third-order valence-electron chi connectivity index (χ3n) is 4.50. The average molecular weight is 471 g/mol. The summed E-state index contributed by atoms with van der Waals surface area (Å²) >= 11 is 12.1. The minimum Gasteiger partial charge on any atom is -0.359 e. The molecule has 0 atom stereocenters. The van der Waals surface area contributed by atoms with E-state index in [0.29, 0.717) is 34.5 Å². The Hall–Kier alpha value is -2.33. The molecule has 1 saturated heterocycles. The van der Waals surface area contributed by atoms with Crippen LogP contribution in [0.15, 0.2) is 47.4 Å². The van der Waals surface area contributed by atoms with Gasteiger partial charge in [-0.05, 0) is 42.5 Å². The zero-order valence-electron chi connectivity index (χ0n) is 16.1. The molecule has 0 aromatic heterocycles. The lowest BCUT2D eigenvalue weighted by Gasteiger charge is -2.29. The third-order valence-corrected chi connectivity index (χ3v) is 6.87. The summed E-state index contributed by atoms with van der Waals surface area (Å²) in [5.41, 5.74) is 1.11. The molecule has 1 heterocycles. The maximum absolute atomic E-state index is 12.6. The standard InChI is InChI=1S/C19H20Cl2N4O4S/c1-24(30(28,29)15-5-2-13(20)3-6-15)11-19(27)23-14-4-7-17(16(21)10-14)25-9-8-22-18(26)12-25/h2-7,10H,8-9,11-12H2,1H3,(H,22,26)(H,23,27). The Morgan fingerprint density at radius 2 is 1.90 bits per heavy atom. The number of carbonyl (C=O) groups excluding carboxylic acids is 2. The summed E-state index contributed by atoms with van der Waals surface area (Å²) < 4.78 is 26.1. The second-order valence-electron chi connectivity index (χ2n) is 6.70. The maximum atomic E-state index is 12.6. The Kier molecular flexibility index (Phi) is 6.87. The number of nitrogens with zero attached hydrogens (tertiary/aromatic N) is 2. The van der Waals surface area contributed by atoms with Crippen molar-refractivity contribution in [3.8, 4) is 0 Å². The van der Waals surface area contributed by atoms with Gasteiger partial charge in [-0.2, -0.15) is 4.31 Å². The molecule has 3 rings (SSSR count). The van der Waals surface area contributed by atoms with Crippen LogP contribution >= 0.6 is 23.2 Å². The van der Waals surface area contributed by atoms with Crippen molar-refractivity contribution in [2.75, 3.05) is 43.4 Å². The Bertz CT molecular complexity index is 1060. The van der Waals surface area contributed by atoms with Gasteiger partial charge in [0.15, 0.2) is 0 Å². The molecule has 8 nitrogen and oxygen atoms in total. The van der Waals surface area contributed by atoms with E-state index in [-0.39, 0.29) is 23.9 Å². The topological polar surface area (TPSA) is 98.8 Å². The van der Waals surface area contributed by atoms with Gasteiger partial charge in [0, 0.05) is 30.8 Å². The molecule has 0 unspecified atom stereocenters. The predicted molar refractivity (Wildman–Crippen MR) is 117 cm³/mol. The minimum absolute atomic E-state index is 0.0418. The number of benzene rings is 2. The van der Waals surface area contributed by atoms with Crippen LogP contribution in [-0.2, 0) is 19.6 Å². The zero-order chi connectivity index (χ0) is 21.9. The molecular formula is C19H20Cl2N4O4S. The number of hydrogen-bond donors (Lipinski definition) is 2. The van der Waals surface area contributed by atoms with Gasteiger partial charge in [0.25, 0.3) is 0 Å². The van der Waals surface area contributed by atoms with Gasteiger partial charge in [0.1, 0.15) is 0 Å². The lowest BCUT2D eigenvalue weighted by atomic mass is 10.2. The SMILES string of the molecule is CN(CC(=O)Nc1ccc(N2CCNC(=O)C2)c(Cl)c1)S(=O)(=O)c1ccc(Cl)cc1. The minimum atomic E-state index is -3.83. The van der Waals surface area contributed by atoms with E-state index in [2.05, 4.69) is 10.6 Å². The van der Waals surface area contributed by atoms with Crippen LogP contribution in [0.3, 0.4) is 0 Å². The molecule has 0 spiro atoms. The van der Waals surface area contributed by atoms with Crippen molar-refractivity contribution in [1.82, 2.24) is 9.62 Å². The third kappa shape index (κ3) is 5.23. The molecule has 0 radical (unpaired) electrons. The Morgan fingerprint density at radius 1 is 1.20 bits per heavy atom. The van der Waals surface area contributed by atoms with E-state index in [9.17, 15) is 18.0 Å². The van der Waals surface area contributed by atoms with E-state index >= 15 is 0 Å². The van der Waals surface area contributed by atoms with Crippen molar-refractivity contribution >= 4 is 56.4 Å². The van der Waals surface area contributed by atoms with Gasteiger partial charge in [-0.15, -0.1) is 0 Å². The van der Waals surface area contributed by atoms with Gasteiger partial charge >= 0.3 is 0 Å². The number of rotatable bonds is 6. The summed E-state index contributed by atoms with van der Waals surface area (Å²) in [7, 11) is -2.51. The van der Waals surface area contributed by atoms with Gasteiger partial charge in [0.05, 0.1) is 28.7 Å². The number of sulfonamides is 1. The highest BCUT2D eigenvalue weighted by atomic mass is 35.5. The summed E-state index contributed by atoms with van der Waals surface area (Å²) in [4.78, 5) is 25.8. The van der Waals surface area contributed by atoms with E-state index in [1.165, 1.54) is 31.3 Å². The number of amides is 2. The quantitative estimate of drug-likeness (QED) is 0.673. The average Bonchev–Trinajstić information content (AvgIpc) is 2.68. The largest absolute Gasteiger partial charge is 0.359 e. The predicted octanol–water partition coefficient (Wildman–Crippen LogP) is 2.19. The van der Waals surface area contributed by atoms with E-state index in [4.69, 9.17) is 23.2 Å². The molecule has 11 heteroatoms. The summed E-state index contributed by atoms with van der Waals surface area (Å²) in [5, 5.41) is 6.18. The van der Waals surface area contributed by atoms with Crippen LogP contribution in [0.2, 0.25) is 10.0 Å².